The summed E-state index contributed by atoms with van der Waals surface area (Å²) in [4.78, 5) is 6.12. The zero-order chi connectivity index (χ0) is 13.1. The fourth-order valence-corrected chi connectivity index (χ4v) is 2.46. The van der Waals surface area contributed by atoms with Gasteiger partial charge in [0.25, 0.3) is 0 Å². The smallest absolute Gasteiger partial charge is 0.127 e. The van der Waals surface area contributed by atoms with E-state index in [4.69, 9.17) is 4.84 Å². The molecule has 2 rings (SSSR count). The van der Waals surface area contributed by atoms with Gasteiger partial charge in [-0.15, -0.1) is 0 Å². The van der Waals surface area contributed by atoms with Gasteiger partial charge in [0, 0.05) is 11.4 Å². The summed E-state index contributed by atoms with van der Waals surface area (Å²) in [6.45, 7) is 10.7. The summed E-state index contributed by atoms with van der Waals surface area (Å²) < 4.78 is 1.97. The van der Waals surface area contributed by atoms with Crippen LogP contribution in [-0.2, 0) is 0 Å². The van der Waals surface area contributed by atoms with E-state index in [0.717, 1.165) is 25.9 Å². The van der Waals surface area contributed by atoms with Gasteiger partial charge in [0.2, 0.25) is 0 Å². The van der Waals surface area contributed by atoms with E-state index in [-0.39, 0.29) is 0 Å². The molecular formula is C15H24N2O. The van der Waals surface area contributed by atoms with E-state index in [0.29, 0.717) is 6.10 Å². The molecule has 0 bridgehead atoms. The third-order valence-corrected chi connectivity index (χ3v) is 3.41. The summed E-state index contributed by atoms with van der Waals surface area (Å²) in [5.41, 5.74) is 2.63. The molecule has 0 radical (unpaired) electrons. The predicted octanol–water partition coefficient (Wildman–Crippen LogP) is 1.05. The standard InChI is InChI=1S/C15H24N2O/c1-11(2)14-7-10-17(15(14)12(3)4)18-13-5-8-16-9-6-13/h7,10,13,16H,5-6,8-9H2,1-4H3. The summed E-state index contributed by atoms with van der Waals surface area (Å²) in [7, 11) is 0. The summed E-state index contributed by atoms with van der Waals surface area (Å²) in [6, 6.07) is 2.15. The predicted molar refractivity (Wildman–Crippen MR) is 75.7 cm³/mol. The van der Waals surface area contributed by atoms with Gasteiger partial charge in [-0.05, 0) is 65.3 Å². The Balaban J connectivity index is 2.35. The van der Waals surface area contributed by atoms with E-state index in [9.17, 15) is 0 Å². The highest BCUT2D eigenvalue weighted by atomic mass is 16.7. The fraction of sp³-hybridized carbons (Fsp3) is 0.600. The van der Waals surface area contributed by atoms with Crippen molar-refractivity contribution < 1.29 is 4.84 Å². The second-order valence-corrected chi connectivity index (χ2v) is 5.46. The summed E-state index contributed by atoms with van der Waals surface area (Å²) in [6.07, 6.45) is 4.56. The monoisotopic (exact) mass is 248 g/mol. The third kappa shape index (κ3) is 2.78. The van der Waals surface area contributed by atoms with Gasteiger partial charge in [0.1, 0.15) is 6.10 Å². The molecule has 1 aromatic rings. The Hall–Kier alpha value is -1.22. The quantitative estimate of drug-likeness (QED) is 0.847. The summed E-state index contributed by atoms with van der Waals surface area (Å²) in [5.74, 6) is 0. The van der Waals surface area contributed by atoms with Crippen molar-refractivity contribution in [3.63, 3.8) is 0 Å². The molecule has 1 fully saturated rings. The maximum absolute atomic E-state index is 6.12. The molecule has 100 valence electrons. The molecule has 0 atom stereocenters. The topological polar surface area (TPSA) is 26.2 Å². The maximum atomic E-state index is 6.12. The lowest BCUT2D eigenvalue weighted by molar-refractivity contribution is 0.0148. The van der Waals surface area contributed by atoms with Crippen LogP contribution in [0.15, 0.2) is 12.3 Å². The van der Waals surface area contributed by atoms with Gasteiger partial charge in [-0.3, -0.25) is 0 Å². The van der Waals surface area contributed by atoms with Crippen molar-refractivity contribution in [1.29, 1.82) is 0 Å². The number of rotatable bonds is 2. The molecule has 3 heteroatoms. The van der Waals surface area contributed by atoms with E-state index < -0.39 is 0 Å². The molecule has 1 saturated heterocycles. The first kappa shape index (κ1) is 13.2. The molecule has 1 aliphatic rings. The molecule has 1 aromatic heterocycles. The van der Waals surface area contributed by atoms with Crippen LogP contribution in [0.5, 0.6) is 0 Å². The molecule has 0 spiro atoms. The van der Waals surface area contributed by atoms with Gasteiger partial charge in [0.05, 0.1) is 5.35 Å². The highest BCUT2D eigenvalue weighted by Gasteiger charge is 2.15. The number of hydrogen-bond acceptors (Lipinski definition) is 2. The van der Waals surface area contributed by atoms with Crippen LogP contribution in [0.25, 0.3) is 11.1 Å². The number of nitrogens with one attached hydrogen (secondary N) is 1. The first-order valence-electron chi connectivity index (χ1n) is 6.80. The van der Waals surface area contributed by atoms with Crippen LogP contribution in [0.2, 0.25) is 0 Å². The third-order valence-electron chi connectivity index (χ3n) is 3.41. The van der Waals surface area contributed by atoms with Crippen molar-refractivity contribution in [3.05, 3.63) is 22.8 Å². The Kier molecular flexibility index (Phi) is 4.12. The fourth-order valence-electron chi connectivity index (χ4n) is 2.46. The molecule has 1 aliphatic heterocycles. The van der Waals surface area contributed by atoms with Crippen molar-refractivity contribution in [1.82, 2.24) is 10.0 Å². The van der Waals surface area contributed by atoms with E-state index >= 15 is 0 Å². The Bertz CT molecular complexity index is 513. The molecule has 0 amide bonds. The van der Waals surface area contributed by atoms with Gasteiger partial charge in [0.15, 0.2) is 0 Å². The van der Waals surface area contributed by atoms with E-state index in [1.807, 2.05) is 10.9 Å². The van der Waals surface area contributed by atoms with Crippen LogP contribution in [0, 0.1) is 0 Å². The minimum absolute atomic E-state index is 0.335. The van der Waals surface area contributed by atoms with Crippen molar-refractivity contribution in [2.45, 2.75) is 46.6 Å². The highest BCUT2D eigenvalue weighted by molar-refractivity contribution is 5.44. The van der Waals surface area contributed by atoms with Gasteiger partial charge in [-0.25, -0.2) is 0 Å². The van der Waals surface area contributed by atoms with Crippen LogP contribution in [-0.4, -0.2) is 23.9 Å². The largest absolute Gasteiger partial charge is 0.410 e. The SMILES string of the molecule is CC(C)=c1ccn(OC2CCNCC2)c1=C(C)C. The molecule has 18 heavy (non-hydrogen) atoms. The zero-order valence-electron chi connectivity index (χ0n) is 11.9. The van der Waals surface area contributed by atoms with Crippen molar-refractivity contribution in [2.75, 3.05) is 13.1 Å². The highest BCUT2D eigenvalue weighted by Crippen LogP contribution is 2.03. The molecule has 3 nitrogen and oxygen atoms in total. The van der Waals surface area contributed by atoms with Gasteiger partial charge in [-0.1, -0.05) is 5.57 Å². The van der Waals surface area contributed by atoms with Crippen LogP contribution in [0.4, 0.5) is 0 Å². The molecule has 0 aliphatic carbocycles. The minimum Gasteiger partial charge on any atom is -0.410 e. The van der Waals surface area contributed by atoms with Crippen molar-refractivity contribution in [3.8, 4) is 0 Å². The van der Waals surface area contributed by atoms with Crippen molar-refractivity contribution in [2.24, 2.45) is 0 Å². The lowest BCUT2D eigenvalue weighted by atomic mass is 10.1. The second kappa shape index (κ2) is 5.61. The molecule has 0 aromatic carbocycles. The lowest BCUT2D eigenvalue weighted by Crippen LogP contribution is -2.42. The number of piperidine rings is 1. The number of nitrogens with zero attached hydrogens (tertiary/aromatic N) is 1. The minimum atomic E-state index is 0.335. The second-order valence-electron chi connectivity index (χ2n) is 5.46. The van der Waals surface area contributed by atoms with Crippen LogP contribution < -0.4 is 20.7 Å². The van der Waals surface area contributed by atoms with Crippen LogP contribution >= 0.6 is 0 Å². The first-order valence-corrected chi connectivity index (χ1v) is 6.80. The van der Waals surface area contributed by atoms with E-state index in [1.165, 1.54) is 21.7 Å². The van der Waals surface area contributed by atoms with Gasteiger partial charge in [-0.2, -0.15) is 4.73 Å². The Morgan fingerprint density at radius 3 is 2.39 bits per heavy atom. The van der Waals surface area contributed by atoms with Crippen LogP contribution in [0.1, 0.15) is 40.5 Å². The zero-order valence-corrected chi connectivity index (χ0v) is 11.9. The average Bonchev–Trinajstić information content (AvgIpc) is 2.74. The Labute approximate surface area is 109 Å². The van der Waals surface area contributed by atoms with Crippen molar-refractivity contribution >= 4 is 11.1 Å². The van der Waals surface area contributed by atoms with Gasteiger partial charge < -0.3 is 10.2 Å². The first-order chi connectivity index (χ1) is 8.59. The Morgan fingerprint density at radius 2 is 1.83 bits per heavy atom. The van der Waals surface area contributed by atoms with E-state index in [1.54, 1.807) is 0 Å². The Morgan fingerprint density at radius 1 is 1.17 bits per heavy atom. The molecule has 1 N–H and O–H groups in total. The van der Waals surface area contributed by atoms with E-state index in [2.05, 4.69) is 39.1 Å². The number of aromatic nitrogens is 1. The molecular weight excluding hydrogens is 224 g/mol. The maximum Gasteiger partial charge on any atom is 0.127 e. The molecule has 2 heterocycles. The average molecular weight is 248 g/mol. The summed E-state index contributed by atoms with van der Waals surface area (Å²) >= 11 is 0. The normalized spacial score (nSPS) is 16.7. The molecule has 0 saturated carbocycles. The van der Waals surface area contributed by atoms with Crippen LogP contribution in [0.3, 0.4) is 0 Å². The summed E-state index contributed by atoms with van der Waals surface area (Å²) in [5, 5.41) is 5.87. The molecule has 0 unspecified atom stereocenters. The number of hydrogen-bond donors (Lipinski definition) is 1. The van der Waals surface area contributed by atoms with Gasteiger partial charge >= 0.3 is 0 Å². The lowest BCUT2D eigenvalue weighted by Gasteiger charge is -2.24.